The number of hydrogen-bond donors (Lipinski definition) is 1. The van der Waals surface area contributed by atoms with E-state index in [0.29, 0.717) is 6.42 Å². The molecule has 0 bridgehead atoms. The Labute approximate surface area is 278 Å². The van der Waals surface area contributed by atoms with E-state index in [1.807, 2.05) is 12.1 Å². The lowest BCUT2D eigenvalue weighted by Crippen LogP contribution is -2.28. The number of fused-ring (bicyclic) bond motifs is 6. The Hall–Kier alpha value is -5.90. The summed E-state index contributed by atoms with van der Waals surface area (Å²) < 4.78 is 8.96. The van der Waals surface area contributed by atoms with Gasteiger partial charge in [-0.2, -0.15) is 0 Å². The molecule has 48 heavy (non-hydrogen) atoms. The molecule has 0 fully saturated rings. The SMILES string of the molecule is C=Cc1ccccc1-c1ccc(C(N)CC23C=CC=C2Oc2ccc(-n4c5cccc6c7ccccc7c7cccc4c7c65)cc23)cc1. The van der Waals surface area contributed by atoms with E-state index in [0.717, 1.165) is 39.4 Å². The second kappa shape index (κ2) is 10.0. The smallest absolute Gasteiger partial charge is 0.131 e. The minimum absolute atomic E-state index is 0.191. The van der Waals surface area contributed by atoms with Crippen molar-refractivity contribution in [2.24, 2.45) is 5.73 Å². The lowest BCUT2D eigenvalue weighted by Gasteiger charge is -2.28. The largest absolute Gasteiger partial charge is 0.460 e. The minimum Gasteiger partial charge on any atom is -0.460 e. The van der Waals surface area contributed by atoms with Crippen LogP contribution in [0.25, 0.3) is 66.2 Å². The Balaban J connectivity index is 1.08. The number of allylic oxidation sites excluding steroid dienone is 3. The summed E-state index contributed by atoms with van der Waals surface area (Å²) in [5, 5.41) is 7.80. The fourth-order valence-electron chi connectivity index (χ4n) is 8.47. The van der Waals surface area contributed by atoms with Crippen molar-refractivity contribution in [2.45, 2.75) is 17.9 Å². The van der Waals surface area contributed by atoms with Gasteiger partial charge < -0.3 is 15.0 Å². The van der Waals surface area contributed by atoms with Gasteiger partial charge in [-0.15, -0.1) is 0 Å². The number of nitrogens with two attached hydrogens (primary N) is 1. The molecule has 0 saturated heterocycles. The van der Waals surface area contributed by atoms with Crippen LogP contribution >= 0.6 is 0 Å². The second-order valence-electron chi connectivity index (χ2n) is 13.1. The number of hydrogen-bond acceptors (Lipinski definition) is 2. The second-order valence-corrected chi connectivity index (χ2v) is 13.1. The van der Waals surface area contributed by atoms with Crippen molar-refractivity contribution in [2.75, 3.05) is 0 Å². The van der Waals surface area contributed by atoms with E-state index in [9.17, 15) is 0 Å². The highest BCUT2D eigenvalue weighted by Gasteiger charge is 2.46. The quantitative estimate of drug-likeness (QED) is 0.189. The van der Waals surface area contributed by atoms with Crippen LogP contribution in [0.15, 0.2) is 158 Å². The van der Waals surface area contributed by atoms with Crippen LogP contribution in [0.4, 0.5) is 0 Å². The van der Waals surface area contributed by atoms with Crippen molar-refractivity contribution < 1.29 is 4.74 Å². The first-order valence-corrected chi connectivity index (χ1v) is 16.6. The Morgan fingerprint density at radius 2 is 1.40 bits per heavy atom. The monoisotopic (exact) mass is 616 g/mol. The third kappa shape index (κ3) is 3.68. The lowest BCUT2D eigenvalue weighted by atomic mass is 9.75. The first kappa shape index (κ1) is 27.2. The number of rotatable bonds is 6. The molecule has 1 aromatic heterocycles. The van der Waals surface area contributed by atoms with Crippen molar-refractivity contribution in [3.05, 3.63) is 175 Å². The standard InChI is InChI=1S/C45H32N2O/c1-2-28-10-3-4-11-32(28)29-19-21-30(22-20-29)38(46)27-45-25-9-18-42(45)48-41-24-23-31(26-37(41)45)47-39-16-7-14-35-33-12-5-6-13-34(33)36-15-8-17-40(47)44(36)43(35)39/h2-26,38H,1,27,46H2. The summed E-state index contributed by atoms with van der Waals surface area (Å²) in [7, 11) is 0. The molecule has 0 radical (unpaired) electrons. The Morgan fingerprint density at radius 3 is 2.10 bits per heavy atom. The van der Waals surface area contributed by atoms with Gasteiger partial charge in [0.1, 0.15) is 11.5 Å². The Morgan fingerprint density at radius 1 is 0.729 bits per heavy atom. The topological polar surface area (TPSA) is 40.2 Å². The van der Waals surface area contributed by atoms with Gasteiger partial charge in [0.25, 0.3) is 0 Å². The fraction of sp³-hybridized carbons (Fsp3) is 0.0667. The van der Waals surface area contributed by atoms with Crippen LogP contribution in [-0.2, 0) is 5.41 Å². The molecule has 2 atom stereocenters. The summed E-state index contributed by atoms with van der Waals surface area (Å²) >= 11 is 0. The van der Waals surface area contributed by atoms with Gasteiger partial charge in [0.15, 0.2) is 0 Å². The molecular weight excluding hydrogens is 585 g/mol. The van der Waals surface area contributed by atoms with Crippen LogP contribution in [0.2, 0.25) is 0 Å². The molecule has 3 heteroatoms. The summed E-state index contributed by atoms with van der Waals surface area (Å²) in [5.41, 5.74) is 15.9. The van der Waals surface area contributed by atoms with Crippen LogP contribution in [0, 0.1) is 0 Å². The zero-order valence-corrected chi connectivity index (χ0v) is 26.4. The molecule has 7 aromatic carbocycles. The molecule has 3 nitrogen and oxygen atoms in total. The molecule has 0 amide bonds. The highest BCUT2D eigenvalue weighted by Crippen LogP contribution is 2.54. The number of nitrogens with zero attached hydrogens (tertiary/aromatic N) is 1. The van der Waals surface area contributed by atoms with Gasteiger partial charge >= 0.3 is 0 Å². The lowest BCUT2D eigenvalue weighted by molar-refractivity contribution is 0.378. The van der Waals surface area contributed by atoms with Crippen LogP contribution in [-0.4, -0.2) is 4.57 Å². The molecule has 0 spiro atoms. The summed E-state index contributed by atoms with van der Waals surface area (Å²) in [6.45, 7) is 3.99. The van der Waals surface area contributed by atoms with Crippen molar-refractivity contribution in [1.82, 2.24) is 4.57 Å². The van der Waals surface area contributed by atoms with Gasteiger partial charge in [-0.1, -0.05) is 122 Å². The molecule has 2 N–H and O–H groups in total. The fourth-order valence-corrected chi connectivity index (χ4v) is 8.47. The van der Waals surface area contributed by atoms with Crippen molar-refractivity contribution in [3.63, 3.8) is 0 Å². The van der Waals surface area contributed by atoms with Crippen LogP contribution < -0.4 is 10.5 Å². The van der Waals surface area contributed by atoms with Crippen molar-refractivity contribution in [1.29, 1.82) is 0 Å². The first-order chi connectivity index (χ1) is 23.6. The average molecular weight is 617 g/mol. The molecule has 2 heterocycles. The maximum absolute atomic E-state index is 7.05. The summed E-state index contributed by atoms with van der Waals surface area (Å²) in [4.78, 5) is 0. The summed E-state index contributed by atoms with van der Waals surface area (Å²) in [6, 6.07) is 45.7. The Bertz CT molecular complexity index is 2570. The Kier molecular flexibility index (Phi) is 5.70. The normalized spacial score (nSPS) is 17.2. The molecule has 1 aliphatic carbocycles. The third-order valence-corrected chi connectivity index (χ3v) is 10.7. The van der Waals surface area contributed by atoms with Crippen molar-refractivity contribution in [3.8, 4) is 22.6 Å². The first-order valence-electron chi connectivity index (χ1n) is 16.6. The van der Waals surface area contributed by atoms with Gasteiger partial charge in [0, 0.05) is 28.1 Å². The van der Waals surface area contributed by atoms with Crippen LogP contribution in [0.3, 0.4) is 0 Å². The molecule has 228 valence electrons. The molecule has 8 aromatic rings. The maximum Gasteiger partial charge on any atom is 0.131 e. The van der Waals surface area contributed by atoms with E-state index in [1.165, 1.54) is 48.9 Å². The zero-order valence-electron chi connectivity index (χ0n) is 26.4. The van der Waals surface area contributed by atoms with E-state index >= 15 is 0 Å². The van der Waals surface area contributed by atoms with Gasteiger partial charge in [0.2, 0.25) is 0 Å². The number of ether oxygens (including phenoxy) is 1. The molecule has 2 aliphatic rings. The van der Waals surface area contributed by atoms with Crippen LogP contribution in [0.1, 0.15) is 29.2 Å². The molecular formula is C45H32N2O. The third-order valence-electron chi connectivity index (χ3n) is 10.7. The zero-order chi connectivity index (χ0) is 32.0. The van der Waals surface area contributed by atoms with Gasteiger partial charge in [-0.05, 0) is 86.6 Å². The molecule has 2 unspecified atom stereocenters. The molecule has 0 saturated carbocycles. The maximum atomic E-state index is 7.05. The van der Waals surface area contributed by atoms with Crippen LogP contribution in [0.5, 0.6) is 5.75 Å². The van der Waals surface area contributed by atoms with Gasteiger partial charge in [0.05, 0.1) is 16.4 Å². The molecule has 10 rings (SSSR count). The average Bonchev–Trinajstić information content (AvgIpc) is 3.79. The van der Waals surface area contributed by atoms with E-state index in [-0.39, 0.29) is 6.04 Å². The number of benzene rings is 7. The van der Waals surface area contributed by atoms with E-state index in [4.69, 9.17) is 10.5 Å². The van der Waals surface area contributed by atoms with E-state index in [2.05, 4.69) is 151 Å². The highest BCUT2D eigenvalue weighted by atomic mass is 16.5. The van der Waals surface area contributed by atoms with Gasteiger partial charge in [-0.3, -0.25) is 0 Å². The predicted molar refractivity (Wildman–Crippen MR) is 200 cm³/mol. The molecule has 1 aliphatic heterocycles. The summed E-state index contributed by atoms with van der Waals surface area (Å²) in [6.07, 6.45) is 9.10. The number of aromatic nitrogens is 1. The van der Waals surface area contributed by atoms with E-state index < -0.39 is 5.41 Å². The summed E-state index contributed by atoms with van der Waals surface area (Å²) in [5.74, 6) is 1.85. The highest BCUT2D eigenvalue weighted by molar-refractivity contribution is 6.34. The van der Waals surface area contributed by atoms with Gasteiger partial charge in [-0.25, -0.2) is 0 Å². The minimum atomic E-state index is -0.432. The van der Waals surface area contributed by atoms with E-state index in [1.54, 1.807) is 0 Å². The van der Waals surface area contributed by atoms with Crippen molar-refractivity contribution >= 4 is 49.4 Å². The predicted octanol–water partition coefficient (Wildman–Crippen LogP) is 11.0.